The van der Waals surface area contributed by atoms with Crippen LogP contribution in [0.5, 0.6) is 0 Å². The number of benzene rings is 1. The van der Waals surface area contributed by atoms with Crippen molar-refractivity contribution in [1.29, 1.82) is 0 Å². The predicted octanol–water partition coefficient (Wildman–Crippen LogP) is 0.803. The van der Waals surface area contributed by atoms with Gasteiger partial charge in [0.25, 0.3) is 0 Å². The third-order valence-electron chi connectivity index (χ3n) is 2.27. The number of rotatable bonds is 2. The van der Waals surface area contributed by atoms with E-state index in [2.05, 4.69) is 0 Å². The van der Waals surface area contributed by atoms with Gasteiger partial charge in [-0.3, -0.25) is 8.42 Å². The molecule has 1 aromatic carbocycles. The zero-order chi connectivity index (χ0) is 11.0. The van der Waals surface area contributed by atoms with E-state index in [0.717, 1.165) is 9.79 Å². The highest BCUT2D eigenvalue weighted by molar-refractivity contribution is 8.05. The van der Waals surface area contributed by atoms with Gasteiger partial charge >= 0.3 is 0 Å². The van der Waals surface area contributed by atoms with Crippen LogP contribution in [0.4, 0.5) is 0 Å². The van der Waals surface area contributed by atoms with E-state index in [1.807, 2.05) is 31.1 Å². The molecule has 0 bridgehead atoms. The summed E-state index contributed by atoms with van der Waals surface area (Å²) in [6.07, 6.45) is 0. The molecule has 1 aliphatic heterocycles. The fourth-order valence-electron chi connectivity index (χ4n) is 1.58. The van der Waals surface area contributed by atoms with Crippen molar-refractivity contribution >= 4 is 21.6 Å². The second-order valence-corrected chi connectivity index (χ2v) is 7.24. The highest BCUT2D eigenvalue weighted by Crippen LogP contribution is 2.31. The first kappa shape index (κ1) is 11.0. The highest BCUT2D eigenvalue weighted by Gasteiger charge is 2.36. The number of fused-ring (bicyclic) bond motifs is 1. The Kier molecular flexibility index (Phi) is 3.04. The van der Waals surface area contributed by atoms with E-state index in [1.54, 1.807) is 12.1 Å². The molecule has 0 spiro atoms. The van der Waals surface area contributed by atoms with Crippen molar-refractivity contribution in [2.45, 2.75) is 14.4 Å². The molecular formula is C10H13NO2S2. The largest absolute Gasteiger partial charge is 0.307 e. The van der Waals surface area contributed by atoms with Gasteiger partial charge < -0.3 is 4.90 Å². The highest BCUT2D eigenvalue weighted by atomic mass is 32.2. The Labute approximate surface area is 94.4 Å². The lowest BCUT2D eigenvalue weighted by Crippen LogP contribution is -2.29. The summed E-state index contributed by atoms with van der Waals surface area (Å²) in [5.74, 6) is 0. The molecule has 5 heteroatoms. The molecule has 0 saturated heterocycles. The smallest absolute Gasteiger partial charge is 0.132 e. The van der Waals surface area contributed by atoms with E-state index in [-0.39, 0.29) is 4.58 Å². The standard InChI is InChI=1S/C10H13NO2S2/c1-11(2)7-10-14(12)8-5-3-4-6-9(8)15(10)13/h3-6,10H,7H2,1-2H3/t14-,15-/m1/s1. The molecular weight excluding hydrogens is 230 g/mol. The molecule has 0 N–H and O–H groups in total. The molecule has 0 radical (unpaired) electrons. The van der Waals surface area contributed by atoms with E-state index in [1.165, 1.54) is 0 Å². The van der Waals surface area contributed by atoms with E-state index in [4.69, 9.17) is 0 Å². The van der Waals surface area contributed by atoms with E-state index in [9.17, 15) is 8.42 Å². The van der Waals surface area contributed by atoms with Crippen LogP contribution in [-0.4, -0.2) is 38.5 Å². The molecule has 0 saturated carbocycles. The summed E-state index contributed by atoms with van der Waals surface area (Å²) >= 11 is 0. The summed E-state index contributed by atoms with van der Waals surface area (Å²) in [7, 11) is 1.54. The van der Waals surface area contributed by atoms with Gasteiger partial charge in [-0.2, -0.15) is 0 Å². The lowest BCUT2D eigenvalue weighted by atomic mass is 10.4. The van der Waals surface area contributed by atoms with Crippen molar-refractivity contribution in [3.05, 3.63) is 24.3 Å². The zero-order valence-corrected chi connectivity index (χ0v) is 10.3. The molecule has 0 aromatic heterocycles. The van der Waals surface area contributed by atoms with Gasteiger partial charge in [0, 0.05) is 6.54 Å². The maximum atomic E-state index is 12.0. The minimum atomic E-state index is -1.13. The average molecular weight is 243 g/mol. The molecule has 0 amide bonds. The molecule has 3 nitrogen and oxygen atoms in total. The molecule has 15 heavy (non-hydrogen) atoms. The maximum Gasteiger partial charge on any atom is 0.132 e. The Balaban J connectivity index is 2.37. The van der Waals surface area contributed by atoms with Crippen molar-refractivity contribution < 1.29 is 8.42 Å². The van der Waals surface area contributed by atoms with Crippen LogP contribution in [0, 0.1) is 0 Å². The topological polar surface area (TPSA) is 37.4 Å². The van der Waals surface area contributed by atoms with Crippen molar-refractivity contribution in [3.63, 3.8) is 0 Å². The fourth-order valence-corrected chi connectivity index (χ4v) is 5.72. The first-order valence-electron chi connectivity index (χ1n) is 4.66. The summed E-state index contributed by atoms with van der Waals surface area (Å²) in [5, 5.41) is 0. The van der Waals surface area contributed by atoms with Gasteiger partial charge in [-0.05, 0) is 26.2 Å². The van der Waals surface area contributed by atoms with Crippen LogP contribution in [0.15, 0.2) is 34.1 Å². The Morgan fingerprint density at radius 1 is 1.13 bits per heavy atom. The Morgan fingerprint density at radius 2 is 1.60 bits per heavy atom. The van der Waals surface area contributed by atoms with Crippen LogP contribution in [0.1, 0.15) is 0 Å². The van der Waals surface area contributed by atoms with Crippen LogP contribution in [0.2, 0.25) is 0 Å². The van der Waals surface area contributed by atoms with Crippen LogP contribution in [-0.2, 0) is 21.6 Å². The van der Waals surface area contributed by atoms with E-state index >= 15 is 0 Å². The van der Waals surface area contributed by atoms with Crippen LogP contribution in [0.25, 0.3) is 0 Å². The van der Waals surface area contributed by atoms with Crippen molar-refractivity contribution in [3.8, 4) is 0 Å². The van der Waals surface area contributed by atoms with Gasteiger partial charge in [0.15, 0.2) is 0 Å². The SMILES string of the molecule is CN(C)CC1[S@](=O)c2ccccc2[S@]1=O. The minimum absolute atomic E-state index is 0.280. The van der Waals surface area contributed by atoms with Gasteiger partial charge in [-0.25, -0.2) is 0 Å². The second kappa shape index (κ2) is 4.15. The lowest BCUT2D eigenvalue weighted by Gasteiger charge is -2.13. The number of hydrogen-bond donors (Lipinski definition) is 0. The first-order chi connectivity index (χ1) is 7.11. The van der Waals surface area contributed by atoms with Gasteiger partial charge in [0.2, 0.25) is 0 Å². The van der Waals surface area contributed by atoms with Gasteiger partial charge in [0.1, 0.15) is 4.58 Å². The molecule has 1 aliphatic rings. The Bertz CT molecular complexity index is 396. The predicted molar refractivity (Wildman–Crippen MR) is 61.6 cm³/mol. The molecule has 1 heterocycles. The van der Waals surface area contributed by atoms with Crippen LogP contribution < -0.4 is 0 Å². The summed E-state index contributed by atoms with van der Waals surface area (Å²) in [4.78, 5) is 3.40. The molecule has 0 unspecified atom stereocenters. The third kappa shape index (κ3) is 1.91. The molecule has 2 atom stereocenters. The minimum Gasteiger partial charge on any atom is -0.307 e. The van der Waals surface area contributed by atoms with Gasteiger partial charge in [0.05, 0.1) is 31.4 Å². The summed E-state index contributed by atoms with van der Waals surface area (Å²) in [6.45, 7) is 0.591. The monoisotopic (exact) mass is 243 g/mol. The molecule has 82 valence electrons. The van der Waals surface area contributed by atoms with Crippen LogP contribution >= 0.6 is 0 Å². The third-order valence-corrected chi connectivity index (χ3v) is 6.28. The molecule has 0 aliphatic carbocycles. The summed E-state index contributed by atoms with van der Waals surface area (Å²) in [5.41, 5.74) is 0. The molecule has 2 rings (SSSR count). The van der Waals surface area contributed by atoms with Crippen molar-refractivity contribution in [1.82, 2.24) is 4.90 Å². The van der Waals surface area contributed by atoms with Crippen LogP contribution in [0.3, 0.4) is 0 Å². The zero-order valence-electron chi connectivity index (χ0n) is 8.67. The molecule has 1 aromatic rings. The van der Waals surface area contributed by atoms with Gasteiger partial charge in [-0.15, -0.1) is 0 Å². The van der Waals surface area contributed by atoms with E-state index in [0.29, 0.717) is 6.54 Å². The maximum absolute atomic E-state index is 12.0. The second-order valence-electron chi connectivity index (χ2n) is 3.73. The van der Waals surface area contributed by atoms with Crippen molar-refractivity contribution in [2.75, 3.05) is 20.6 Å². The fraction of sp³-hybridized carbons (Fsp3) is 0.400. The molecule has 0 fully saturated rings. The number of hydrogen-bond acceptors (Lipinski definition) is 3. The van der Waals surface area contributed by atoms with Crippen molar-refractivity contribution in [2.24, 2.45) is 0 Å². The first-order valence-corrected chi connectivity index (χ1v) is 7.09. The lowest BCUT2D eigenvalue weighted by molar-refractivity contribution is 0.427. The number of nitrogens with zero attached hydrogens (tertiary/aromatic N) is 1. The van der Waals surface area contributed by atoms with E-state index < -0.39 is 21.6 Å². The van der Waals surface area contributed by atoms with Gasteiger partial charge in [-0.1, -0.05) is 12.1 Å². The summed E-state index contributed by atoms with van der Waals surface area (Å²) in [6, 6.07) is 7.29. The average Bonchev–Trinajstić information content (AvgIpc) is 2.44. The quantitative estimate of drug-likeness (QED) is 0.771. The Morgan fingerprint density at radius 3 is 2.00 bits per heavy atom. The normalized spacial score (nSPS) is 25.8. The Hall–Kier alpha value is -0.520. The summed E-state index contributed by atoms with van der Waals surface area (Å²) < 4.78 is 23.8.